The molecule has 0 aliphatic carbocycles. The van der Waals surface area contributed by atoms with Crippen molar-refractivity contribution in [3.8, 4) is 0 Å². The zero-order chi connectivity index (χ0) is 12.2. The minimum atomic E-state index is -4.17. The number of nitrogens with zero attached hydrogens (tertiary/aromatic N) is 2. The predicted octanol–water partition coefficient (Wildman–Crippen LogP) is 3.12. The lowest BCUT2D eigenvalue weighted by Gasteiger charge is -2.21. The van der Waals surface area contributed by atoms with E-state index in [1.165, 1.54) is 11.1 Å². The molecule has 16 heavy (non-hydrogen) atoms. The van der Waals surface area contributed by atoms with Gasteiger partial charge in [-0.3, -0.25) is 4.90 Å². The largest absolute Gasteiger partial charge is 0.401 e. The van der Waals surface area contributed by atoms with Crippen molar-refractivity contribution in [1.29, 1.82) is 0 Å². The lowest BCUT2D eigenvalue weighted by Crippen LogP contribution is -2.33. The lowest BCUT2D eigenvalue weighted by atomic mass is 10.2. The van der Waals surface area contributed by atoms with Crippen molar-refractivity contribution < 1.29 is 13.2 Å². The summed E-state index contributed by atoms with van der Waals surface area (Å²) in [6.45, 7) is 1.33. The highest BCUT2D eigenvalue weighted by Crippen LogP contribution is 2.18. The van der Waals surface area contributed by atoms with E-state index in [0.717, 1.165) is 5.56 Å². The molecular weight excluding hydrogens is 241 g/mol. The third-order valence-corrected chi connectivity index (χ3v) is 2.25. The van der Waals surface area contributed by atoms with Crippen LogP contribution in [0.1, 0.15) is 12.5 Å². The Kier molecular flexibility index (Phi) is 4.56. The van der Waals surface area contributed by atoms with E-state index < -0.39 is 12.7 Å². The summed E-state index contributed by atoms with van der Waals surface area (Å²) in [6.07, 6.45) is -2.69. The highest BCUT2D eigenvalue weighted by Gasteiger charge is 2.29. The summed E-state index contributed by atoms with van der Waals surface area (Å²) >= 11 is 5.65. The van der Waals surface area contributed by atoms with Crippen LogP contribution in [-0.2, 0) is 6.54 Å². The summed E-state index contributed by atoms with van der Waals surface area (Å²) in [5.41, 5.74) is 0.728. The molecule has 0 aliphatic rings. The SMILES string of the molecule is CCN(Cc1ccnc(Cl)c1)CC(F)(F)F. The molecular formula is C10H12ClF3N2. The Morgan fingerprint density at radius 2 is 2.12 bits per heavy atom. The molecule has 0 spiro atoms. The van der Waals surface area contributed by atoms with Crippen LogP contribution in [0.4, 0.5) is 13.2 Å². The standard InChI is InChI=1S/C10H12ClF3N2/c1-2-16(7-10(12,13)14)6-8-3-4-15-9(11)5-8/h3-5H,2,6-7H2,1H3. The predicted molar refractivity (Wildman–Crippen MR) is 56.3 cm³/mol. The van der Waals surface area contributed by atoms with Crippen molar-refractivity contribution in [1.82, 2.24) is 9.88 Å². The Morgan fingerprint density at radius 3 is 2.62 bits per heavy atom. The molecule has 1 aromatic heterocycles. The average molecular weight is 253 g/mol. The lowest BCUT2D eigenvalue weighted by molar-refractivity contribution is -0.146. The van der Waals surface area contributed by atoms with Gasteiger partial charge in [0.2, 0.25) is 0 Å². The van der Waals surface area contributed by atoms with E-state index in [1.54, 1.807) is 19.1 Å². The normalized spacial score (nSPS) is 12.1. The molecule has 0 amide bonds. The molecule has 0 N–H and O–H groups in total. The fraction of sp³-hybridized carbons (Fsp3) is 0.500. The summed E-state index contributed by atoms with van der Waals surface area (Å²) in [4.78, 5) is 5.07. The van der Waals surface area contributed by atoms with Crippen molar-refractivity contribution in [2.45, 2.75) is 19.6 Å². The fourth-order valence-electron chi connectivity index (χ4n) is 1.33. The molecule has 2 nitrogen and oxygen atoms in total. The van der Waals surface area contributed by atoms with Gasteiger partial charge >= 0.3 is 6.18 Å². The van der Waals surface area contributed by atoms with Gasteiger partial charge in [-0.25, -0.2) is 4.98 Å². The molecule has 6 heteroatoms. The van der Waals surface area contributed by atoms with Crippen LogP contribution in [-0.4, -0.2) is 29.1 Å². The molecule has 0 saturated carbocycles. The Bertz CT molecular complexity index is 341. The molecule has 0 atom stereocenters. The van der Waals surface area contributed by atoms with Gasteiger partial charge in [-0.15, -0.1) is 0 Å². The fourth-order valence-corrected chi connectivity index (χ4v) is 1.53. The van der Waals surface area contributed by atoms with Crippen molar-refractivity contribution in [3.63, 3.8) is 0 Å². The van der Waals surface area contributed by atoms with Crippen LogP contribution in [0.2, 0.25) is 5.15 Å². The number of hydrogen-bond acceptors (Lipinski definition) is 2. The summed E-state index contributed by atoms with van der Waals surface area (Å²) in [5.74, 6) is 0. The van der Waals surface area contributed by atoms with Crippen LogP contribution >= 0.6 is 11.6 Å². The maximum absolute atomic E-state index is 12.2. The number of rotatable bonds is 4. The van der Waals surface area contributed by atoms with Gasteiger partial charge in [-0.05, 0) is 24.2 Å². The topological polar surface area (TPSA) is 16.1 Å². The second-order valence-corrected chi connectivity index (χ2v) is 3.79. The van der Waals surface area contributed by atoms with Crippen LogP contribution in [0.5, 0.6) is 0 Å². The van der Waals surface area contributed by atoms with E-state index in [9.17, 15) is 13.2 Å². The Hall–Kier alpha value is -0.810. The monoisotopic (exact) mass is 252 g/mol. The van der Waals surface area contributed by atoms with Gasteiger partial charge in [0, 0.05) is 12.7 Å². The second-order valence-electron chi connectivity index (χ2n) is 3.41. The molecule has 90 valence electrons. The number of halogens is 4. The summed E-state index contributed by atoms with van der Waals surface area (Å²) < 4.78 is 36.6. The first-order valence-electron chi connectivity index (χ1n) is 4.80. The van der Waals surface area contributed by atoms with E-state index in [1.807, 2.05) is 0 Å². The molecule has 0 bridgehead atoms. The van der Waals surface area contributed by atoms with Crippen LogP contribution in [0.15, 0.2) is 18.3 Å². The van der Waals surface area contributed by atoms with Crippen LogP contribution in [0, 0.1) is 0 Å². The molecule has 0 aliphatic heterocycles. The minimum absolute atomic E-state index is 0.220. The van der Waals surface area contributed by atoms with Crippen molar-refractivity contribution in [3.05, 3.63) is 29.0 Å². The highest BCUT2D eigenvalue weighted by molar-refractivity contribution is 6.29. The first-order chi connectivity index (χ1) is 7.40. The van der Waals surface area contributed by atoms with Crippen LogP contribution in [0.25, 0.3) is 0 Å². The van der Waals surface area contributed by atoms with E-state index >= 15 is 0 Å². The molecule has 1 heterocycles. The third-order valence-electron chi connectivity index (χ3n) is 2.05. The Balaban J connectivity index is 2.63. The molecule has 0 radical (unpaired) electrons. The molecule has 1 rings (SSSR count). The first kappa shape index (κ1) is 13.3. The second kappa shape index (κ2) is 5.50. The molecule has 1 aromatic rings. The highest BCUT2D eigenvalue weighted by atomic mass is 35.5. The van der Waals surface area contributed by atoms with Crippen molar-refractivity contribution in [2.24, 2.45) is 0 Å². The molecule has 0 unspecified atom stereocenters. The molecule has 0 fully saturated rings. The Labute approximate surface area is 97.0 Å². The van der Waals surface area contributed by atoms with E-state index in [-0.39, 0.29) is 6.54 Å². The summed E-state index contributed by atoms with van der Waals surface area (Å²) in [6, 6.07) is 3.23. The zero-order valence-corrected chi connectivity index (χ0v) is 9.52. The summed E-state index contributed by atoms with van der Waals surface area (Å²) in [7, 11) is 0. The van der Waals surface area contributed by atoms with Gasteiger partial charge in [-0.1, -0.05) is 18.5 Å². The number of alkyl halides is 3. The number of hydrogen-bond donors (Lipinski definition) is 0. The molecule has 0 saturated heterocycles. The average Bonchev–Trinajstić information content (AvgIpc) is 2.14. The van der Waals surface area contributed by atoms with Gasteiger partial charge in [0.15, 0.2) is 0 Å². The maximum Gasteiger partial charge on any atom is 0.401 e. The molecule has 0 aromatic carbocycles. The van der Waals surface area contributed by atoms with Gasteiger partial charge < -0.3 is 0 Å². The summed E-state index contributed by atoms with van der Waals surface area (Å²) in [5, 5.41) is 0.292. The van der Waals surface area contributed by atoms with Crippen molar-refractivity contribution in [2.75, 3.05) is 13.1 Å². The smallest absolute Gasteiger partial charge is 0.291 e. The van der Waals surface area contributed by atoms with E-state index in [0.29, 0.717) is 11.7 Å². The maximum atomic E-state index is 12.2. The van der Waals surface area contributed by atoms with Crippen LogP contribution in [0.3, 0.4) is 0 Å². The Morgan fingerprint density at radius 1 is 1.44 bits per heavy atom. The van der Waals surface area contributed by atoms with E-state index in [2.05, 4.69) is 4.98 Å². The number of aromatic nitrogens is 1. The van der Waals surface area contributed by atoms with Gasteiger partial charge in [0.05, 0.1) is 6.54 Å². The first-order valence-corrected chi connectivity index (χ1v) is 5.18. The van der Waals surface area contributed by atoms with Gasteiger partial charge in [-0.2, -0.15) is 13.2 Å². The zero-order valence-electron chi connectivity index (χ0n) is 8.76. The quantitative estimate of drug-likeness (QED) is 0.766. The van der Waals surface area contributed by atoms with Crippen molar-refractivity contribution >= 4 is 11.6 Å². The number of pyridine rings is 1. The van der Waals surface area contributed by atoms with Gasteiger partial charge in [0.25, 0.3) is 0 Å². The minimum Gasteiger partial charge on any atom is -0.291 e. The third kappa shape index (κ3) is 4.81. The van der Waals surface area contributed by atoms with Gasteiger partial charge in [0.1, 0.15) is 5.15 Å². The van der Waals surface area contributed by atoms with Crippen LogP contribution < -0.4 is 0 Å². The van der Waals surface area contributed by atoms with E-state index in [4.69, 9.17) is 11.6 Å².